The molecule has 45 heavy (non-hydrogen) atoms. The number of aromatic nitrogens is 2. The third-order valence-corrected chi connectivity index (χ3v) is 7.42. The molecule has 0 saturated heterocycles. The second-order valence-electron chi connectivity index (χ2n) is 11.3. The fourth-order valence-corrected chi connectivity index (χ4v) is 5.29. The average Bonchev–Trinajstić information content (AvgIpc) is 3.36. The van der Waals surface area contributed by atoms with E-state index in [0.717, 1.165) is 40.6 Å². The quantitative estimate of drug-likeness (QED) is 0.104. The number of ether oxygens (including phenoxy) is 2. The average molecular weight is 617 g/mol. The molecule has 2 N–H and O–H groups in total. The predicted octanol–water partition coefficient (Wildman–Crippen LogP) is 6.90. The molecule has 0 saturated carbocycles. The minimum atomic E-state index is -1.07. The van der Waals surface area contributed by atoms with Gasteiger partial charge < -0.3 is 24.3 Å². The summed E-state index contributed by atoms with van der Waals surface area (Å²) >= 11 is 0. The Labute approximate surface area is 263 Å². The Kier molecular flexibility index (Phi) is 12.4. The summed E-state index contributed by atoms with van der Waals surface area (Å²) in [6.07, 6.45) is 7.15. The van der Waals surface area contributed by atoms with Gasteiger partial charge in [0, 0.05) is 47.0 Å². The van der Waals surface area contributed by atoms with E-state index >= 15 is 0 Å². The molecular weight excluding hydrogens is 575 g/mol. The van der Waals surface area contributed by atoms with Crippen LogP contribution < -0.4 is 0 Å². The molecule has 2 atom stereocenters. The zero-order chi connectivity index (χ0) is 32.2. The van der Waals surface area contributed by atoms with Gasteiger partial charge in [-0.05, 0) is 81.5 Å². The molecule has 0 aliphatic carbocycles. The number of aliphatic hydroxyl groups excluding tert-OH is 2. The molecule has 4 aromatic rings. The summed E-state index contributed by atoms with van der Waals surface area (Å²) in [5, 5.41) is 22.2. The molecule has 2 aromatic carbocycles. The summed E-state index contributed by atoms with van der Waals surface area (Å²) < 4.78 is 26.3. The largest absolute Gasteiger partial charge is 0.466 e. The van der Waals surface area contributed by atoms with E-state index in [9.17, 15) is 24.2 Å². The van der Waals surface area contributed by atoms with Crippen molar-refractivity contribution in [2.24, 2.45) is 0 Å². The van der Waals surface area contributed by atoms with Crippen LogP contribution in [-0.4, -0.2) is 57.1 Å². The van der Waals surface area contributed by atoms with Crippen molar-refractivity contribution in [1.29, 1.82) is 0 Å². The van der Waals surface area contributed by atoms with Crippen molar-refractivity contribution in [2.45, 2.75) is 70.6 Å². The smallest absolute Gasteiger partial charge is 0.339 e. The zero-order valence-corrected chi connectivity index (χ0v) is 25.8. The number of halogens is 1. The normalized spacial score (nSPS) is 12.9. The highest BCUT2D eigenvalue weighted by Crippen LogP contribution is 2.38. The Bertz CT molecular complexity index is 1570. The number of benzene rings is 2. The van der Waals surface area contributed by atoms with Crippen molar-refractivity contribution >= 4 is 28.9 Å². The van der Waals surface area contributed by atoms with Gasteiger partial charge in [-0.3, -0.25) is 9.78 Å². The number of nitrogens with zero attached hydrogens (tertiary/aromatic N) is 2. The summed E-state index contributed by atoms with van der Waals surface area (Å²) in [6.45, 7) is 4.69. The maximum absolute atomic E-state index is 13.7. The molecule has 0 radical (unpaired) electrons. The van der Waals surface area contributed by atoms with Crippen LogP contribution in [0.2, 0.25) is 0 Å². The van der Waals surface area contributed by atoms with Crippen LogP contribution >= 0.6 is 0 Å². The van der Waals surface area contributed by atoms with Gasteiger partial charge in [0.1, 0.15) is 5.82 Å². The lowest BCUT2D eigenvalue weighted by Gasteiger charge is -2.15. The topological polar surface area (TPSA) is 111 Å². The van der Waals surface area contributed by atoms with Crippen molar-refractivity contribution in [3.05, 3.63) is 96.2 Å². The summed E-state index contributed by atoms with van der Waals surface area (Å²) in [5.74, 6) is -1.24. The van der Waals surface area contributed by atoms with Crippen LogP contribution in [-0.2, 0) is 14.3 Å². The first kappa shape index (κ1) is 33.6. The van der Waals surface area contributed by atoms with Crippen LogP contribution in [0.25, 0.3) is 28.1 Å². The molecule has 238 valence electrons. The number of hydrogen-bond acceptors (Lipinski definition) is 7. The van der Waals surface area contributed by atoms with Crippen molar-refractivity contribution < 1.29 is 33.7 Å². The van der Waals surface area contributed by atoms with Gasteiger partial charge in [0.2, 0.25) is 0 Å². The number of pyridine rings is 1. The third kappa shape index (κ3) is 9.57. The number of rotatable bonds is 16. The lowest BCUT2D eigenvalue weighted by Crippen LogP contribution is -2.21. The number of carbonyl (C=O) groups is 2. The molecule has 8 nitrogen and oxygen atoms in total. The van der Waals surface area contributed by atoms with Crippen LogP contribution in [0.15, 0.2) is 79.1 Å². The molecule has 0 aliphatic rings. The van der Waals surface area contributed by atoms with E-state index < -0.39 is 24.1 Å². The van der Waals surface area contributed by atoms with Crippen LogP contribution in [0.3, 0.4) is 0 Å². The summed E-state index contributed by atoms with van der Waals surface area (Å²) in [6, 6.07) is 17.8. The van der Waals surface area contributed by atoms with Crippen molar-refractivity contribution in [3.8, 4) is 11.1 Å². The number of aliphatic hydroxyl groups is 2. The SMILES string of the molecule is CC(C)n1c(/C=C/[C@@H](O)C[C@@H](O)CC(=O)OCCCCCCOC(=O)c2cccnc2)c(-c2ccc(F)cc2)c2ccccc21. The van der Waals surface area contributed by atoms with Gasteiger partial charge >= 0.3 is 11.9 Å². The van der Waals surface area contributed by atoms with Crippen molar-refractivity contribution in [1.82, 2.24) is 9.55 Å². The first-order valence-electron chi connectivity index (χ1n) is 15.4. The highest BCUT2D eigenvalue weighted by atomic mass is 19.1. The lowest BCUT2D eigenvalue weighted by atomic mass is 10.0. The predicted molar refractivity (Wildman–Crippen MR) is 172 cm³/mol. The van der Waals surface area contributed by atoms with E-state index in [-0.39, 0.29) is 31.3 Å². The van der Waals surface area contributed by atoms with Crippen LogP contribution in [0.4, 0.5) is 4.39 Å². The minimum Gasteiger partial charge on any atom is -0.466 e. The number of hydrogen-bond donors (Lipinski definition) is 2. The van der Waals surface area contributed by atoms with Gasteiger partial charge in [0.05, 0.1) is 37.4 Å². The van der Waals surface area contributed by atoms with Crippen LogP contribution in [0, 0.1) is 5.82 Å². The summed E-state index contributed by atoms with van der Waals surface area (Å²) in [7, 11) is 0. The van der Waals surface area contributed by atoms with E-state index in [2.05, 4.69) is 23.4 Å². The van der Waals surface area contributed by atoms with Crippen molar-refractivity contribution in [2.75, 3.05) is 13.2 Å². The summed E-state index contributed by atoms with van der Waals surface area (Å²) in [5.41, 5.74) is 4.08. The van der Waals surface area contributed by atoms with Gasteiger partial charge in [-0.2, -0.15) is 0 Å². The second kappa shape index (κ2) is 16.7. The van der Waals surface area contributed by atoms with E-state index in [0.29, 0.717) is 25.0 Å². The Morgan fingerprint density at radius 3 is 2.33 bits per heavy atom. The fraction of sp³-hybridized carbons (Fsp3) is 0.361. The number of carbonyl (C=O) groups excluding carboxylic acids is 2. The minimum absolute atomic E-state index is 0.0306. The molecule has 0 spiro atoms. The van der Waals surface area contributed by atoms with Gasteiger partial charge in [0.15, 0.2) is 0 Å². The van der Waals surface area contributed by atoms with Gasteiger partial charge in [-0.15, -0.1) is 0 Å². The highest BCUT2D eigenvalue weighted by molar-refractivity contribution is 6.01. The van der Waals surface area contributed by atoms with Crippen LogP contribution in [0.5, 0.6) is 0 Å². The van der Waals surface area contributed by atoms with E-state index in [1.165, 1.54) is 18.3 Å². The van der Waals surface area contributed by atoms with E-state index in [1.54, 1.807) is 36.5 Å². The first-order valence-corrected chi connectivity index (χ1v) is 15.4. The highest BCUT2D eigenvalue weighted by Gasteiger charge is 2.20. The zero-order valence-electron chi connectivity index (χ0n) is 25.8. The maximum atomic E-state index is 13.7. The monoisotopic (exact) mass is 616 g/mol. The Morgan fingerprint density at radius 1 is 0.933 bits per heavy atom. The Morgan fingerprint density at radius 2 is 1.64 bits per heavy atom. The lowest BCUT2D eigenvalue weighted by molar-refractivity contribution is -0.146. The molecule has 0 fully saturated rings. The van der Waals surface area contributed by atoms with E-state index in [1.807, 2.05) is 30.3 Å². The summed E-state index contributed by atoms with van der Waals surface area (Å²) in [4.78, 5) is 28.0. The van der Waals surface area contributed by atoms with Gasteiger partial charge in [-0.1, -0.05) is 36.4 Å². The van der Waals surface area contributed by atoms with Gasteiger partial charge in [0.25, 0.3) is 0 Å². The molecule has 0 amide bonds. The number of fused-ring (bicyclic) bond motifs is 1. The number of para-hydroxylation sites is 1. The molecule has 9 heteroatoms. The number of unbranched alkanes of at least 4 members (excludes halogenated alkanes) is 3. The molecule has 0 unspecified atom stereocenters. The standard InChI is InChI=1S/C36H41FN2O6/c1-25(2)39-32-12-6-5-11-31(32)35(26-13-15-28(37)16-14-26)33(39)18-17-29(40)22-30(41)23-34(42)44-20-7-3-4-8-21-45-36(43)27-10-9-19-38-24-27/h5-6,9-19,24-25,29-30,40-41H,3-4,7-8,20-23H2,1-2H3/b18-17+/t29-,30-/m1/s1. The Hall–Kier alpha value is -4.34. The molecule has 2 aromatic heterocycles. The molecule has 0 aliphatic heterocycles. The molecule has 4 rings (SSSR count). The third-order valence-electron chi connectivity index (χ3n) is 7.42. The number of esters is 2. The van der Waals surface area contributed by atoms with Crippen LogP contribution in [0.1, 0.15) is 74.5 Å². The van der Waals surface area contributed by atoms with Gasteiger partial charge in [-0.25, -0.2) is 9.18 Å². The molecular formula is C36H41FN2O6. The second-order valence-corrected chi connectivity index (χ2v) is 11.3. The maximum Gasteiger partial charge on any atom is 0.339 e. The van der Waals surface area contributed by atoms with Crippen molar-refractivity contribution in [3.63, 3.8) is 0 Å². The Balaban J connectivity index is 1.23. The van der Waals surface area contributed by atoms with E-state index in [4.69, 9.17) is 9.47 Å². The first-order chi connectivity index (χ1) is 21.7. The fourth-order valence-electron chi connectivity index (χ4n) is 5.29. The molecule has 2 heterocycles. The molecule has 0 bridgehead atoms.